The van der Waals surface area contributed by atoms with Crippen LogP contribution in [0.2, 0.25) is 0 Å². The number of amides is 1. The Morgan fingerprint density at radius 1 is 1.23 bits per heavy atom. The Morgan fingerprint density at radius 3 is 2.50 bits per heavy atom. The molecule has 2 aromatic carbocycles. The van der Waals surface area contributed by atoms with Gasteiger partial charge < -0.3 is 14.4 Å². The molecule has 2 fully saturated rings. The molecule has 2 saturated heterocycles. The van der Waals surface area contributed by atoms with E-state index in [9.17, 15) is 9.18 Å². The number of carbonyl (C=O) groups excluding carboxylic acids is 1. The first kappa shape index (κ1) is 20.3. The summed E-state index contributed by atoms with van der Waals surface area (Å²) in [6.45, 7) is 13.4. The molecule has 0 radical (unpaired) electrons. The second kappa shape index (κ2) is 7.35. The van der Waals surface area contributed by atoms with E-state index in [1.165, 1.54) is 11.0 Å². The summed E-state index contributed by atoms with van der Waals surface area (Å²) >= 11 is 5.63. The van der Waals surface area contributed by atoms with E-state index in [1.54, 1.807) is 49.1 Å². The van der Waals surface area contributed by atoms with Gasteiger partial charge in [-0.2, -0.15) is 0 Å². The molecule has 0 bridgehead atoms. The number of rotatable bonds is 4. The lowest BCUT2D eigenvalue weighted by Crippen LogP contribution is -2.44. The zero-order chi connectivity index (χ0) is 21.6. The number of ether oxygens (including phenoxy) is 2. The molecule has 0 saturated carbocycles. The van der Waals surface area contributed by atoms with Crippen molar-refractivity contribution in [1.82, 2.24) is 0 Å². The molecule has 4 rings (SSSR count). The predicted molar refractivity (Wildman–Crippen MR) is 116 cm³/mol. The molecule has 0 unspecified atom stereocenters. The Hall–Kier alpha value is -3.02. The number of carbonyl (C=O) groups is 1. The van der Waals surface area contributed by atoms with Gasteiger partial charge in [0.2, 0.25) is 0 Å². The van der Waals surface area contributed by atoms with Crippen LogP contribution in [-0.4, -0.2) is 35.9 Å². The van der Waals surface area contributed by atoms with Crippen molar-refractivity contribution in [3.8, 4) is 5.75 Å². The second-order valence-electron chi connectivity index (χ2n) is 7.79. The molecule has 2 heterocycles. The van der Waals surface area contributed by atoms with Crippen LogP contribution < -0.4 is 14.5 Å². The number of anilines is 2. The molecule has 0 spiro atoms. The molecule has 2 aliphatic rings. The Bertz CT molecular complexity index is 1090. The minimum absolute atomic E-state index is 0.142. The van der Waals surface area contributed by atoms with Crippen LogP contribution in [-0.2, 0) is 9.53 Å². The summed E-state index contributed by atoms with van der Waals surface area (Å²) in [4.78, 5) is 19.8. The number of thiocarbonyl (C=S) groups is 1. The van der Waals surface area contributed by atoms with E-state index in [0.717, 1.165) is 5.56 Å². The van der Waals surface area contributed by atoms with Gasteiger partial charge in [-0.15, -0.1) is 0 Å². The Morgan fingerprint density at radius 2 is 1.93 bits per heavy atom. The Kier molecular flexibility index (Phi) is 4.96. The second-order valence-corrected chi connectivity index (χ2v) is 8.16. The van der Waals surface area contributed by atoms with Gasteiger partial charge in [-0.3, -0.25) is 9.69 Å². The number of benzene rings is 2. The Labute approximate surface area is 179 Å². The topological polar surface area (TPSA) is 46.4 Å². The van der Waals surface area contributed by atoms with E-state index in [2.05, 4.69) is 4.85 Å². The molecule has 0 N–H and O–H groups in total. The molecule has 30 heavy (non-hydrogen) atoms. The van der Waals surface area contributed by atoms with E-state index in [-0.39, 0.29) is 22.9 Å². The summed E-state index contributed by atoms with van der Waals surface area (Å²) < 4.78 is 25.3. The fourth-order valence-electron chi connectivity index (χ4n) is 3.55. The molecule has 154 valence electrons. The van der Waals surface area contributed by atoms with Crippen molar-refractivity contribution in [1.29, 1.82) is 0 Å². The quantitative estimate of drug-likeness (QED) is 0.538. The minimum atomic E-state index is -1.01. The number of halogens is 1. The number of hydrogen-bond acceptors (Lipinski definition) is 4. The SMILES string of the molecule is [C-]#[N+]c1ccc(N2C(=O)C(C)(C)N(c3ccc(OC4COC4)c(F)c3)C2=S)cc1C. The van der Waals surface area contributed by atoms with Gasteiger partial charge in [-0.1, -0.05) is 6.07 Å². The van der Waals surface area contributed by atoms with Crippen LogP contribution >= 0.6 is 12.2 Å². The van der Waals surface area contributed by atoms with E-state index < -0.39 is 11.4 Å². The highest BCUT2D eigenvalue weighted by atomic mass is 32.1. The van der Waals surface area contributed by atoms with Crippen molar-refractivity contribution >= 4 is 40.3 Å². The van der Waals surface area contributed by atoms with Gasteiger partial charge >= 0.3 is 0 Å². The number of hydrogen-bond donors (Lipinski definition) is 0. The average Bonchev–Trinajstić information content (AvgIpc) is 2.83. The van der Waals surface area contributed by atoms with Gasteiger partial charge in [0.1, 0.15) is 11.6 Å². The van der Waals surface area contributed by atoms with Gasteiger partial charge in [0.15, 0.2) is 22.4 Å². The summed E-state index contributed by atoms with van der Waals surface area (Å²) in [5, 5.41) is 0.250. The molecule has 6 nitrogen and oxygen atoms in total. The van der Waals surface area contributed by atoms with E-state index in [1.807, 2.05) is 6.92 Å². The molecule has 8 heteroatoms. The smallest absolute Gasteiger partial charge is 0.259 e. The van der Waals surface area contributed by atoms with Crippen LogP contribution in [0.25, 0.3) is 4.85 Å². The van der Waals surface area contributed by atoms with Gasteiger partial charge in [0, 0.05) is 17.4 Å². The summed E-state index contributed by atoms with van der Waals surface area (Å²) in [6, 6.07) is 9.68. The highest BCUT2D eigenvalue weighted by Gasteiger charge is 2.50. The minimum Gasteiger partial charge on any atom is -0.483 e. The van der Waals surface area contributed by atoms with Crippen molar-refractivity contribution in [2.24, 2.45) is 0 Å². The van der Waals surface area contributed by atoms with Gasteiger partial charge in [0.25, 0.3) is 5.91 Å². The fourth-order valence-corrected chi connectivity index (χ4v) is 4.07. The Balaban J connectivity index is 1.68. The zero-order valence-electron chi connectivity index (χ0n) is 16.8. The maximum absolute atomic E-state index is 14.7. The fraction of sp³-hybridized carbons (Fsp3) is 0.318. The predicted octanol–water partition coefficient (Wildman–Crippen LogP) is 4.38. The van der Waals surface area contributed by atoms with Crippen molar-refractivity contribution < 1.29 is 18.7 Å². The molecule has 0 atom stereocenters. The molecule has 1 amide bonds. The van der Waals surface area contributed by atoms with Crippen LogP contribution in [0, 0.1) is 19.3 Å². The van der Waals surface area contributed by atoms with E-state index >= 15 is 0 Å². The maximum Gasteiger partial charge on any atom is 0.259 e. The molecule has 0 aromatic heterocycles. The number of nitrogens with zero attached hydrogens (tertiary/aromatic N) is 3. The standard InChI is InChI=1S/C22H20FN3O3S/c1-13-9-14(5-7-18(13)24-4)25-20(27)22(2,3)26(21(25)30)15-6-8-19(17(23)10-15)29-16-11-28-12-16/h5-10,16H,11-12H2,1-3H3. The first-order valence-corrected chi connectivity index (χ1v) is 9.85. The third kappa shape index (κ3) is 3.20. The summed E-state index contributed by atoms with van der Waals surface area (Å²) in [6.07, 6.45) is -0.145. The average molecular weight is 425 g/mol. The third-order valence-corrected chi connectivity index (χ3v) is 5.67. The van der Waals surface area contributed by atoms with Gasteiger partial charge in [0.05, 0.1) is 19.8 Å². The molecule has 2 aliphatic heterocycles. The lowest BCUT2D eigenvalue weighted by molar-refractivity contribution is -0.120. The number of aryl methyl sites for hydroxylation is 1. The molecule has 0 aliphatic carbocycles. The van der Waals surface area contributed by atoms with E-state index in [4.69, 9.17) is 28.3 Å². The van der Waals surface area contributed by atoms with Gasteiger partial charge in [-0.25, -0.2) is 9.24 Å². The summed E-state index contributed by atoms with van der Waals surface area (Å²) in [5.41, 5.74) is 1.30. The normalized spacial score (nSPS) is 18.4. The largest absolute Gasteiger partial charge is 0.483 e. The first-order chi connectivity index (χ1) is 14.2. The van der Waals surface area contributed by atoms with Crippen LogP contribution in [0.5, 0.6) is 5.75 Å². The van der Waals surface area contributed by atoms with Crippen LogP contribution in [0.3, 0.4) is 0 Å². The highest BCUT2D eigenvalue weighted by Crippen LogP contribution is 2.38. The van der Waals surface area contributed by atoms with Crippen molar-refractivity contribution in [3.63, 3.8) is 0 Å². The lowest BCUT2D eigenvalue weighted by atomic mass is 10.0. The zero-order valence-corrected chi connectivity index (χ0v) is 17.6. The first-order valence-electron chi connectivity index (χ1n) is 9.45. The third-order valence-electron chi connectivity index (χ3n) is 5.30. The maximum atomic E-state index is 14.7. The summed E-state index contributed by atoms with van der Waals surface area (Å²) in [7, 11) is 0. The lowest BCUT2D eigenvalue weighted by Gasteiger charge is -2.30. The van der Waals surface area contributed by atoms with Crippen molar-refractivity contribution in [2.75, 3.05) is 23.0 Å². The molecular weight excluding hydrogens is 405 g/mol. The van der Waals surface area contributed by atoms with Crippen LogP contribution in [0.4, 0.5) is 21.5 Å². The highest BCUT2D eigenvalue weighted by molar-refractivity contribution is 7.81. The van der Waals surface area contributed by atoms with Crippen molar-refractivity contribution in [3.05, 3.63) is 59.2 Å². The van der Waals surface area contributed by atoms with Crippen LogP contribution in [0.1, 0.15) is 19.4 Å². The van der Waals surface area contributed by atoms with Crippen LogP contribution in [0.15, 0.2) is 36.4 Å². The summed E-state index contributed by atoms with van der Waals surface area (Å²) in [5.74, 6) is -0.612. The molecular formula is C22H20FN3O3S. The van der Waals surface area contributed by atoms with E-state index in [0.29, 0.717) is 30.3 Å². The van der Waals surface area contributed by atoms with Crippen molar-refractivity contribution in [2.45, 2.75) is 32.4 Å². The monoisotopic (exact) mass is 425 g/mol. The van der Waals surface area contributed by atoms with Gasteiger partial charge in [-0.05, 0) is 62.8 Å². The molecule has 2 aromatic rings.